The molecule has 1 aromatic carbocycles. The second-order valence-electron chi connectivity index (χ2n) is 4.48. The summed E-state index contributed by atoms with van der Waals surface area (Å²) in [5, 5.41) is 13.4. The van der Waals surface area contributed by atoms with Crippen LogP contribution in [0.3, 0.4) is 0 Å². The lowest BCUT2D eigenvalue weighted by molar-refractivity contribution is 0.417. The minimum absolute atomic E-state index is 0.121. The SMILES string of the molecule is Oc1ccc(-c2nc(C3CCCCS3)no2)c(F)c1. The van der Waals surface area contributed by atoms with E-state index in [0.717, 1.165) is 24.7 Å². The average molecular weight is 280 g/mol. The molecule has 3 rings (SSSR count). The van der Waals surface area contributed by atoms with Gasteiger partial charge in [0.25, 0.3) is 5.89 Å². The van der Waals surface area contributed by atoms with E-state index in [-0.39, 0.29) is 22.5 Å². The van der Waals surface area contributed by atoms with E-state index < -0.39 is 5.82 Å². The summed E-state index contributed by atoms with van der Waals surface area (Å²) in [4.78, 5) is 4.27. The van der Waals surface area contributed by atoms with Gasteiger partial charge in [-0.05, 0) is 30.7 Å². The van der Waals surface area contributed by atoms with Gasteiger partial charge in [0.2, 0.25) is 0 Å². The van der Waals surface area contributed by atoms with Crippen molar-refractivity contribution in [2.24, 2.45) is 0 Å². The molecule has 1 N–H and O–H groups in total. The van der Waals surface area contributed by atoms with Gasteiger partial charge in [0, 0.05) is 6.07 Å². The maximum atomic E-state index is 13.7. The second kappa shape index (κ2) is 5.21. The number of phenolic OH excluding ortho intramolecular Hbond substituents is 1. The lowest BCUT2D eigenvalue weighted by Crippen LogP contribution is -2.03. The lowest BCUT2D eigenvalue weighted by atomic mass is 10.2. The predicted octanol–water partition coefficient (Wildman–Crippen LogP) is 3.54. The quantitative estimate of drug-likeness (QED) is 0.911. The molecule has 4 nitrogen and oxygen atoms in total. The Balaban J connectivity index is 1.87. The molecule has 0 saturated carbocycles. The van der Waals surface area contributed by atoms with Crippen molar-refractivity contribution in [1.82, 2.24) is 10.1 Å². The van der Waals surface area contributed by atoms with Gasteiger partial charge in [-0.25, -0.2) is 4.39 Å². The van der Waals surface area contributed by atoms with Gasteiger partial charge in [-0.3, -0.25) is 0 Å². The summed E-state index contributed by atoms with van der Waals surface area (Å²) in [6, 6.07) is 3.88. The largest absolute Gasteiger partial charge is 0.508 e. The van der Waals surface area contributed by atoms with Crippen LogP contribution in [0.1, 0.15) is 30.3 Å². The molecule has 1 aliphatic heterocycles. The van der Waals surface area contributed by atoms with Crippen LogP contribution in [0.4, 0.5) is 4.39 Å². The summed E-state index contributed by atoms with van der Waals surface area (Å²) in [7, 11) is 0. The van der Waals surface area contributed by atoms with Crippen LogP contribution in [0, 0.1) is 5.82 Å². The van der Waals surface area contributed by atoms with E-state index in [9.17, 15) is 9.50 Å². The molecule has 2 aromatic rings. The van der Waals surface area contributed by atoms with E-state index >= 15 is 0 Å². The van der Waals surface area contributed by atoms with Gasteiger partial charge in [0.15, 0.2) is 5.82 Å². The number of halogens is 1. The molecular weight excluding hydrogens is 267 g/mol. The van der Waals surface area contributed by atoms with Gasteiger partial charge in [-0.15, -0.1) is 0 Å². The maximum absolute atomic E-state index is 13.7. The third-order valence-corrected chi connectivity index (χ3v) is 4.47. The Kier molecular flexibility index (Phi) is 3.42. The summed E-state index contributed by atoms with van der Waals surface area (Å²) in [5.74, 6) is 1.21. The zero-order valence-electron chi connectivity index (χ0n) is 10.2. The Labute approximate surface area is 114 Å². The van der Waals surface area contributed by atoms with Crippen LogP contribution in [0.25, 0.3) is 11.5 Å². The number of benzene rings is 1. The second-order valence-corrected chi connectivity index (χ2v) is 5.79. The highest BCUT2D eigenvalue weighted by Crippen LogP contribution is 2.37. The number of rotatable bonds is 2. The van der Waals surface area contributed by atoms with Gasteiger partial charge >= 0.3 is 0 Å². The number of aromatic nitrogens is 2. The predicted molar refractivity (Wildman–Crippen MR) is 70.4 cm³/mol. The van der Waals surface area contributed by atoms with Crippen LogP contribution in [0.15, 0.2) is 22.7 Å². The summed E-state index contributed by atoms with van der Waals surface area (Å²) in [5.41, 5.74) is 0.220. The molecule has 6 heteroatoms. The van der Waals surface area contributed by atoms with E-state index in [4.69, 9.17) is 4.52 Å². The van der Waals surface area contributed by atoms with E-state index in [2.05, 4.69) is 10.1 Å². The van der Waals surface area contributed by atoms with E-state index in [1.165, 1.54) is 18.6 Å². The number of hydrogen-bond donors (Lipinski definition) is 1. The highest BCUT2D eigenvalue weighted by molar-refractivity contribution is 7.99. The Morgan fingerprint density at radius 2 is 2.26 bits per heavy atom. The van der Waals surface area contributed by atoms with Crippen molar-refractivity contribution < 1.29 is 14.0 Å². The number of nitrogens with zero attached hydrogens (tertiary/aromatic N) is 2. The molecule has 19 heavy (non-hydrogen) atoms. The van der Waals surface area contributed by atoms with Crippen LogP contribution >= 0.6 is 11.8 Å². The normalized spacial score (nSPS) is 19.5. The monoisotopic (exact) mass is 280 g/mol. The van der Waals surface area contributed by atoms with Gasteiger partial charge < -0.3 is 9.63 Å². The molecule has 0 bridgehead atoms. The van der Waals surface area contributed by atoms with E-state index in [1.807, 2.05) is 11.8 Å². The van der Waals surface area contributed by atoms with Gasteiger partial charge in [0.05, 0.1) is 10.8 Å². The summed E-state index contributed by atoms with van der Waals surface area (Å²) >= 11 is 1.81. The van der Waals surface area contributed by atoms with Crippen molar-refractivity contribution in [2.75, 3.05) is 5.75 Å². The van der Waals surface area contributed by atoms with Crippen LogP contribution in [-0.2, 0) is 0 Å². The molecule has 0 spiro atoms. The van der Waals surface area contributed by atoms with Crippen LogP contribution in [0.2, 0.25) is 0 Å². The molecule has 1 aliphatic rings. The van der Waals surface area contributed by atoms with Gasteiger partial charge in [-0.1, -0.05) is 11.6 Å². The molecule has 0 aliphatic carbocycles. The van der Waals surface area contributed by atoms with E-state index in [0.29, 0.717) is 5.82 Å². The van der Waals surface area contributed by atoms with Crippen molar-refractivity contribution in [3.05, 3.63) is 29.8 Å². The third kappa shape index (κ3) is 2.58. The summed E-state index contributed by atoms with van der Waals surface area (Å²) in [6.45, 7) is 0. The first-order chi connectivity index (χ1) is 9.24. The molecule has 1 aromatic heterocycles. The van der Waals surface area contributed by atoms with Crippen LogP contribution in [0.5, 0.6) is 5.75 Å². The Bertz CT molecular complexity index is 582. The number of phenols is 1. The Hall–Kier alpha value is -1.56. The van der Waals surface area contributed by atoms with Crippen molar-refractivity contribution in [3.63, 3.8) is 0 Å². The topological polar surface area (TPSA) is 59.2 Å². The molecule has 1 unspecified atom stereocenters. The fourth-order valence-electron chi connectivity index (χ4n) is 2.10. The number of thioether (sulfide) groups is 1. The summed E-state index contributed by atoms with van der Waals surface area (Å²) in [6.07, 6.45) is 3.41. The molecule has 0 amide bonds. The zero-order valence-corrected chi connectivity index (χ0v) is 11.0. The standard InChI is InChI=1S/C13H13FN2O2S/c14-10-7-8(17)4-5-9(10)13-15-12(16-18-13)11-3-1-2-6-19-11/h4-5,7,11,17H,1-3,6H2. The minimum Gasteiger partial charge on any atom is -0.508 e. The first-order valence-corrected chi connectivity index (χ1v) is 7.23. The fraction of sp³-hybridized carbons (Fsp3) is 0.385. The highest BCUT2D eigenvalue weighted by atomic mass is 32.2. The van der Waals surface area contributed by atoms with Crippen LogP contribution in [-0.4, -0.2) is 21.0 Å². The van der Waals surface area contributed by atoms with Gasteiger partial charge in [-0.2, -0.15) is 16.7 Å². The molecule has 2 heterocycles. The average Bonchev–Trinajstić information content (AvgIpc) is 2.89. The van der Waals surface area contributed by atoms with E-state index in [1.54, 1.807) is 0 Å². The lowest BCUT2D eigenvalue weighted by Gasteiger charge is -2.17. The minimum atomic E-state index is -0.563. The highest BCUT2D eigenvalue weighted by Gasteiger charge is 2.22. The molecule has 1 atom stereocenters. The molecule has 0 radical (unpaired) electrons. The van der Waals surface area contributed by atoms with Crippen molar-refractivity contribution in [1.29, 1.82) is 0 Å². The van der Waals surface area contributed by atoms with Crippen LogP contribution < -0.4 is 0 Å². The molecular formula is C13H13FN2O2S. The Morgan fingerprint density at radius 3 is 3.00 bits per heavy atom. The third-order valence-electron chi connectivity index (χ3n) is 3.09. The summed E-state index contributed by atoms with van der Waals surface area (Å²) < 4.78 is 18.8. The zero-order chi connectivity index (χ0) is 13.2. The van der Waals surface area contributed by atoms with Gasteiger partial charge in [0.1, 0.15) is 11.6 Å². The molecule has 100 valence electrons. The fourth-order valence-corrected chi connectivity index (χ4v) is 3.33. The van der Waals surface area contributed by atoms with Crippen molar-refractivity contribution in [2.45, 2.75) is 24.5 Å². The van der Waals surface area contributed by atoms with Crippen molar-refractivity contribution in [3.8, 4) is 17.2 Å². The molecule has 1 saturated heterocycles. The number of hydrogen-bond acceptors (Lipinski definition) is 5. The Morgan fingerprint density at radius 1 is 1.37 bits per heavy atom. The molecule has 1 fully saturated rings. The maximum Gasteiger partial charge on any atom is 0.260 e. The first-order valence-electron chi connectivity index (χ1n) is 6.18. The first kappa shape index (κ1) is 12.5. The van der Waals surface area contributed by atoms with Crippen molar-refractivity contribution >= 4 is 11.8 Å². The number of aromatic hydroxyl groups is 1. The smallest absolute Gasteiger partial charge is 0.260 e.